The number of rotatable bonds is 5. The standard InChI is InChI=1S/C14H17NO4/c1-10(13(16)17)8-11(2)15-14(18)19-9-12-6-4-3-5-7-12/h3-8,11H,9H2,1-2H3,(H,15,18)(H,16,17). The van der Waals surface area contributed by atoms with Crippen molar-refractivity contribution in [3.8, 4) is 0 Å². The number of carboxylic acid groups (broad SMARTS) is 1. The lowest BCUT2D eigenvalue weighted by molar-refractivity contribution is -0.132. The predicted molar refractivity (Wildman–Crippen MR) is 70.6 cm³/mol. The van der Waals surface area contributed by atoms with E-state index in [0.717, 1.165) is 5.56 Å². The molecule has 1 aromatic carbocycles. The number of carbonyl (C=O) groups is 2. The Kier molecular flexibility index (Phi) is 5.60. The number of amides is 1. The number of hydrogen-bond acceptors (Lipinski definition) is 3. The topological polar surface area (TPSA) is 75.6 Å². The smallest absolute Gasteiger partial charge is 0.407 e. The van der Waals surface area contributed by atoms with E-state index < -0.39 is 18.1 Å². The number of nitrogens with one attached hydrogen (secondary N) is 1. The lowest BCUT2D eigenvalue weighted by Crippen LogP contribution is -2.32. The Labute approximate surface area is 111 Å². The van der Waals surface area contributed by atoms with Crippen LogP contribution in [0.5, 0.6) is 0 Å². The highest BCUT2D eigenvalue weighted by Crippen LogP contribution is 2.01. The third kappa shape index (κ3) is 5.72. The van der Waals surface area contributed by atoms with Gasteiger partial charge >= 0.3 is 12.1 Å². The maximum absolute atomic E-state index is 11.5. The van der Waals surface area contributed by atoms with Crippen LogP contribution in [0.1, 0.15) is 19.4 Å². The molecule has 0 aromatic heterocycles. The number of carboxylic acids is 1. The molecule has 0 aliphatic carbocycles. The van der Waals surface area contributed by atoms with Crippen LogP contribution in [0.25, 0.3) is 0 Å². The molecule has 19 heavy (non-hydrogen) atoms. The second kappa shape index (κ2) is 7.20. The number of aliphatic carboxylic acids is 1. The van der Waals surface area contributed by atoms with Gasteiger partial charge in [0.1, 0.15) is 6.61 Å². The molecule has 0 aliphatic rings. The molecule has 1 amide bonds. The van der Waals surface area contributed by atoms with Gasteiger partial charge in [-0.3, -0.25) is 0 Å². The number of hydrogen-bond donors (Lipinski definition) is 2. The van der Waals surface area contributed by atoms with Crippen LogP contribution in [-0.4, -0.2) is 23.2 Å². The highest BCUT2D eigenvalue weighted by molar-refractivity contribution is 5.86. The van der Waals surface area contributed by atoms with Gasteiger partial charge in [-0.25, -0.2) is 9.59 Å². The highest BCUT2D eigenvalue weighted by atomic mass is 16.5. The van der Waals surface area contributed by atoms with Crippen molar-refractivity contribution >= 4 is 12.1 Å². The summed E-state index contributed by atoms with van der Waals surface area (Å²) in [6.07, 6.45) is 0.873. The second-order valence-electron chi connectivity index (χ2n) is 4.15. The van der Waals surface area contributed by atoms with Gasteiger partial charge in [0, 0.05) is 11.6 Å². The van der Waals surface area contributed by atoms with Gasteiger partial charge in [-0.05, 0) is 19.4 Å². The minimum absolute atomic E-state index is 0.177. The van der Waals surface area contributed by atoms with E-state index in [-0.39, 0.29) is 12.2 Å². The first-order chi connectivity index (χ1) is 8.99. The van der Waals surface area contributed by atoms with Crippen molar-refractivity contribution in [1.82, 2.24) is 5.32 Å². The molecule has 0 saturated carbocycles. The van der Waals surface area contributed by atoms with E-state index in [1.54, 1.807) is 6.92 Å². The SMILES string of the molecule is CC(=CC(C)NC(=O)OCc1ccccc1)C(=O)O. The Hall–Kier alpha value is -2.30. The molecule has 2 N–H and O–H groups in total. The zero-order valence-electron chi connectivity index (χ0n) is 10.9. The van der Waals surface area contributed by atoms with Crippen LogP contribution in [0.4, 0.5) is 4.79 Å². The van der Waals surface area contributed by atoms with Crippen LogP contribution in [0.2, 0.25) is 0 Å². The first-order valence-electron chi connectivity index (χ1n) is 5.88. The van der Waals surface area contributed by atoms with E-state index in [1.807, 2.05) is 30.3 Å². The molecule has 5 nitrogen and oxygen atoms in total. The lowest BCUT2D eigenvalue weighted by Gasteiger charge is -2.11. The summed E-state index contributed by atoms with van der Waals surface area (Å²) in [5.74, 6) is -1.01. The van der Waals surface area contributed by atoms with E-state index in [2.05, 4.69) is 5.32 Å². The van der Waals surface area contributed by atoms with Gasteiger partial charge < -0.3 is 15.2 Å². The van der Waals surface area contributed by atoms with Crippen LogP contribution < -0.4 is 5.32 Å². The van der Waals surface area contributed by atoms with E-state index in [1.165, 1.54) is 13.0 Å². The molecular formula is C14H17NO4. The summed E-state index contributed by atoms with van der Waals surface area (Å²) >= 11 is 0. The third-order valence-electron chi connectivity index (χ3n) is 2.40. The van der Waals surface area contributed by atoms with E-state index >= 15 is 0 Å². The molecule has 5 heteroatoms. The molecule has 0 heterocycles. The second-order valence-corrected chi connectivity index (χ2v) is 4.15. The van der Waals surface area contributed by atoms with Gasteiger partial charge in [0.05, 0.1) is 0 Å². The number of benzene rings is 1. The van der Waals surface area contributed by atoms with Gasteiger partial charge in [-0.1, -0.05) is 36.4 Å². The van der Waals surface area contributed by atoms with E-state index in [4.69, 9.17) is 9.84 Å². The molecular weight excluding hydrogens is 246 g/mol. The van der Waals surface area contributed by atoms with Crippen molar-refractivity contribution in [3.05, 3.63) is 47.5 Å². The zero-order chi connectivity index (χ0) is 14.3. The number of ether oxygens (including phenoxy) is 1. The highest BCUT2D eigenvalue weighted by Gasteiger charge is 2.08. The Morgan fingerprint density at radius 2 is 2.00 bits per heavy atom. The molecule has 1 unspecified atom stereocenters. The minimum atomic E-state index is -1.01. The number of alkyl carbamates (subject to hydrolysis) is 1. The molecule has 0 radical (unpaired) electrons. The van der Waals surface area contributed by atoms with Crippen molar-refractivity contribution in [1.29, 1.82) is 0 Å². The maximum Gasteiger partial charge on any atom is 0.407 e. The molecule has 0 bridgehead atoms. The quantitative estimate of drug-likeness (QED) is 0.799. The molecule has 102 valence electrons. The maximum atomic E-state index is 11.5. The largest absolute Gasteiger partial charge is 0.478 e. The summed E-state index contributed by atoms with van der Waals surface area (Å²) in [6, 6.07) is 8.90. The third-order valence-corrected chi connectivity index (χ3v) is 2.40. The van der Waals surface area contributed by atoms with E-state index in [0.29, 0.717) is 0 Å². The number of carbonyl (C=O) groups excluding carboxylic acids is 1. The summed E-state index contributed by atoms with van der Waals surface area (Å²) in [4.78, 5) is 22.1. The molecule has 0 aliphatic heterocycles. The zero-order valence-corrected chi connectivity index (χ0v) is 10.9. The Morgan fingerprint density at radius 1 is 1.37 bits per heavy atom. The van der Waals surface area contributed by atoms with Crippen molar-refractivity contribution in [2.75, 3.05) is 0 Å². The molecule has 0 fully saturated rings. The average Bonchev–Trinajstić information content (AvgIpc) is 2.37. The normalized spacial score (nSPS) is 12.6. The first kappa shape index (κ1) is 14.8. The molecule has 1 rings (SSSR count). The van der Waals surface area contributed by atoms with Crippen molar-refractivity contribution in [2.45, 2.75) is 26.5 Å². The fourth-order valence-corrected chi connectivity index (χ4v) is 1.44. The fraction of sp³-hybridized carbons (Fsp3) is 0.286. The first-order valence-corrected chi connectivity index (χ1v) is 5.88. The Bertz CT molecular complexity index is 468. The minimum Gasteiger partial charge on any atom is -0.478 e. The molecule has 1 aromatic rings. The van der Waals surface area contributed by atoms with Crippen LogP contribution in [0, 0.1) is 0 Å². The molecule has 0 saturated heterocycles. The van der Waals surface area contributed by atoms with Crippen molar-refractivity contribution in [3.63, 3.8) is 0 Å². The molecule has 0 spiro atoms. The predicted octanol–water partition coefficient (Wildman–Crippen LogP) is 2.33. The lowest BCUT2D eigenvalue weighted by atomic mass is 10.2. The Balaban J connectivity index is 2.39. The van der Waals surface area contributed by atoms with Gasteiger partial charge in [0.25, 0.3) is 0 Å². The van der Waals surface area contributed by atoms with Crippen LogP contribution in [0.3, 0.4) is 0 Å². The van der Waals surface area contributed by atoms with Crippen LogP contribution >= 0.6 is 0 Å². The van der Waals surface area contributed by atoms with Gasteiger partial charge in [-0.2, -0.15) is 0 Å². The summed E-state index contributed by atoms with van der Waals surface area (Å²) in [6.45, 7) is 3.33. The summed E-state index contributed by atoms with van der Waals surface area (Å²) < 4.78 is 5.01. The summed E-state index contributed by atoms with van der Waals surface area (Å²) in [5.41, 5.74) is 1.07. The monoisotopic (exact) mass is 263 g/mol. The Morgan fingerprint density at radius 3 is 2.58 bits per heavy atom. The van der Waals surface area contributed by atoms with Crippen LogP contribution in [-0.2, 0) is 16.1 Å². The summed E-state index contributed by atoms with van der Waals surface area (Å²) in [7, 11) is 0. The van der Waals surface area contributed by atoms with Crippen molar-refractivity contribution in [2.24, 2.45) is 0 Å². The van der Waals surface area contributed by atoms with Gasteiger partial charge in [0.15, 0.2) is 0 Å². The van der Waals surface area contributed by atoms with Crippen LogP contribution in [0.15, 0.2) is 42.0 Å². The fourth-order valence-electron chi connectivity index (χ4n) is 1.44. The van der Waals surface area contributed by atoms with Gasteiger partial charge in [-0.15, -0.1) is 0 Å². The average molecular weight is 263 g/mol. The summed E-state index contributed by atoms with van der Waals surface area (Å²) in [5, 5.41) is 11.2. The van der Waals surface area contributed by atoms with Crippen molar-refractivity contribution < 1.29 is 19.4 Å². The van der Waals surface area contributed by atoms with E-state index in [9.17, 15) is 9.59 Å². The van der Waals surface area contributed by atoms with Gasteiger partial charge in [0.2, 0.25) is 0 Å². The molecule has 1 atom stereocenters.